The summed E-state index contributed by atoms with van der Waals surface area (Å²) in [5, 5.41) is 8.60. The van der Waals surface area contributed by atoms with Crippen molar-refractivity contribution in [3.63, 3.8) is 0 Å². The van der Waals surface area contributed by atoms with E-state index >= 15 is 0 Å². The zero-order chi connectivity index (χ0) is 7.56. The minimum atomic E-state index is 0.645. The molecule has 0 aromatic carbocycles. The summed E-state index contributed by atoms with van der Waals surface area (Å²) in [6.45, 7) is 1.96. The van der Waals surface area contributed by atoms with E-state index in [1.807, 2.05) is 13.0 Å². The highest BCUT2D eigenvalue weighted by atomic mass is 14.6. The van der Waals surface area contributed by atoms with Crippen molar-refractivity contribution >= 4 is 0 Å². The summed E-state index contributed by atoms with van der Waals surface area (Å²) < 4.78 is 0. The molecular weight excluding hydrogens is 124 g/mol. The van der Waals surface area contributed by atoms with E-state index < -0.39 is 0 Å². The summed E-state index contributed by atoms with van der Waals surface area (Å²) in [6, 6.07) is 2.09. The molecule has 1 aliphatic carbocycles. The Balaban J connectivity index is 3.01. The molecule has 1 rings (SSSR count). The van der Waals surface area contributed by atoms with Crippen LogP contribution in [0, 0.1) is 11.3 Å². The number of allylic oxidation sites excluding steroid dienone is 3. The van der Waals surface area contributed by atoms with E-state index in [2.05, 4.69) is 6.07 Å². The first kappa shape index (κ1) is 6.88. The van der Waals surface area contributed by atoms with Crippen LogP contribution in [-0.4, -0.2) is 0 Å². The lowest BCUT2D eigenvalue weighted by atomic mass is 9.97. The van der Waals surface area contributed by atoms with Crippen molar-refractivity contribution < 1.29 is 0 Å². The molecule has 2 heteroatoms. The number of nitrogens with zero attached hydrogens (tertiary/aromatic N) is 1. The lowest BCUT2D eigenvalue weighted by Crippen LogP contribution is -2.05. The van der Waals surface area contributed by atoms with E-state index in [0.717, 1.165) is 18.4 Å². The molecule has 0 bridgehead atoms. The zero-order valence-electron chi connectivity index (χ0n) is 6.02. The molecule has 0 atom stereocenters. The number of hydrogen-bond donors (Lipinski definition) is 1. The summed E-state index contributed by atoms with van der Waals surface area (Å²) in [6.07, 6.45) is 3.86. The van der Waals surface area contributed by atoms with E-state index in [1.54, 1.807) is 0 Å². The molecule has 0 unspecified atom stereocenters. The third-order valence-corrected chi connectivity index (χ3v) is 1.71. The minimum Gasteiger partial charge on any atom is -0.398 e. The van der Waals surface area contributed by atoms with E-state index in [9.17, 15) is 0 Å². The second-order valence-electron chi connectivity index (χ2n) is 2.47. The highest BCUT2D eigenvalue weighted by molar-refractivity contribution is 5.45. The van der Waals surface area contributed by atoms with Crippen LogP contribution in [-0.2, 0) is 0 Å². The van der Waals surface area contributed by atoms with E-state index in [-0.39, 0.29) is 0 Å². The Morgan fingerprint density at radius 3 is 2.80 bits per heavy atom. The second kappa shape index (κ2) is 2.57. The number of nitriles is 1. The summed E-state index contributed by atoms with van der Waals surface area (Å²) in [4.78, 5) is 0. The summed E-state index contributed by atoms with van der Waals surface area (Å²) in [5.74, 6) is 0. The molecule has 52 valence electrons. The summed E-state index contributed by atoms with van der Waals surface area (Å²) >= 11 is 0. The summed E-state index contributed by atoms with van der Waals surface area (Å²) in [5.41, 5.74) is 7.99. The fourth-order valence-electron chi connectivity index (χ4n) is 1.08. The van der Waals surface area contributed by atoms with Gasteiger partial charge < -0.3 is 5.73 Å². The van der Waals surface area contributed by atoms with Gasteiger partial charge in [0.1, 0.15) is 6.07 Å². The van der Waals surface area contributed by atoms with Crippen LogP contribution in [0.25, 0.3) is 0 Å². The smallest absolute Gasteiger partial charge is 0.101 e. The van der Waals surface area contributed by atoms with Crippen molar-refractivity contribution in [1.82, 2.24) is 0 Å². The molecule has 0 amide bonds. The van der Waals surface area contributed by atoms with Crippen LogP contribution in [0.1, 0.15) is 19.8 Å². The van der Waals surface area contributed by atoms with Gasteiger partial charge in [0.15, 0.2) is 0 Å². The lowest BCUT2D eigenvalue weighted by molar-refractivity contribution is 0.925. The predicted molar refractivity (Wildman–Crippen MR) is 39.8 cm³/mol. The molecule has 0 aliphatic heterocycles. The van der Waals surface area contributed by atoms with Crippen molar-refractivity contribution in [2.45, 2.75) is 19.8 Å². The number of hydrogen-bond acceptors (Lipinski definition) is 2. The predicted octanol–water partition coefficient (Wildman–Crippen LogP) is 1.46. The number of rotatable bonds is 0. The average Bonchev–Trinajstić information content (AvgIpc) is 1.88. The Bertz CT molecular complexity index is 240. The molecule has 2 N–H and O–H groups in total. The van der Waals surface area contributed by atoms with Gasteiger partial charge in [-0.25, -0.2) is 0 Å². The van der Waals surface area contributed by atoms with Crippen LogP contribution in [0.3, 0.4) is 0 Å². The van der Waals surface area contributed by atoms with Gasteiger partial charge in [0.05, 0.1) is 5.57 Å². The van der Waals surface area contributed by atoms with Gasteiger partial charge in [-0.05, 0) is 19.8 Å². The average molecular weight is 134 g/mol. The molecule has 0 spiro atoms. The molecule has 1 aliphatic rings. The third kappa shape index (κ3) is 1.03. The summed E-state index contributed by atoms with van der Waals surface area (Å²) in [7, 11) is 0. The maximum absolute atomic E-state index is 8.60. The van der Waals surface area contributed by atoms with Crippen LogP contribution in [0.15, 0.2) is 22.9 Å². The van der Waals surface area contributed by atoms with Crippen LogP contribution in [0.4, 0.5) is 0 Å². The van der Waals surface area contributed by atoms with Crippen molar-refractivity contribution in [2.75, 3.05) is 0 Å². The Morgan fingerprint density at radius 2 is 2.40 bits per heavy atom. The highest BCUT2D eigenvalue weighted by Crippen LogP contribution is 2.20. The van der Waals surface area contributed by atoms with Crippen molar-refractivity contribution in [1.29, 1.82) is 5.26 Å². The second-order valence-corrected chi connectivity index (χ2v) is 2.47. The van der Waals surface area contributed by atoms with Gasteiger partial charge in [0.25, 0.3) is 0 Å². The number of nitrogens with two attached hydrogens (primary N) is 1. The van der Waals surface area contributed by atoms with E-state index in [0.29, 0.717) is 11.3 Å². The first-order valence-electron chi connectivity index (χ1n) is 3.31. The van der Waals surface area contributed by atoms with Crippen LogP contribution in [0.5, 0.6) is 0 Å². The Kier molecular flexibility index (Phi) is 1.77. The van der Waals surface area contributed by atoms with E-state index in [4.69, 9.17) is 11.0 Å². The van der Waals surface area contributed by atoms with Crippen molar-refractivity contribution in [2.24, 2.45) is 5.73 Å². The Labute approximate surface area is 60.6 Å². The van der Waals surface area contributed by atoms with Gasteiger partial charge in [0, 0.05) is 5.70 Å². The molecular formula is C8H10N2. The quantitative estimate of drug-likeness (QED) is 0.545. The van der Waals surface area contributed by atoms with Gasteiger partial charge in [-0.3, -0.25) is 0 Å². The minimum absolute atomic E-state index is 0.645. The highest BCUT2D eigenvalue weighted by Gasteiger charge is 2.08. The molecule has 0 radical (unpaired) electrons. The molecule has 2 nitrogen and oxygen atoms in total. The monoisotopic (exact) mass is 134 g/mol. The molecule has 0 aromatic heterocycles. The van der Waals surface area contributed by atoms with Gasteiger partial charge in [-0.1, -0.05) is 11.6 Å². The molecule has 10 heavy (non-hydrogen) atoms. The largest absolute Gasteiger partial charge is 0.398 e. The first-order chi connectivity index (χ1) is 4.75. The van der Waals surface area contributed by atoms with Crippen molar-refractivity contribution in [3.05, 3.63) is 22.9 Å². The van der Waals surface area contributed by atoms with Gasteiger partial charge in [-0.2, -0.15) is 5.26 Å². The maximum Gasteiger partial charge on any atom is 0.101 e. The van der Waals surface area contributed by atoms with Gasteiger partial charge >= 0.3 is 0 Å². The first-order valence-corrected chi connectivity index (χ1v) is 3.31. The molecule has 0 heterocycles. The van der Waals surface area contributed by atoms with Crippen LogP contribution < -0.4 is 5.73 Å². The van der Waals surface area contributed by atoms with Gasteiger partial charge in [-0.15, -0.1) is 0 Å². The molecule has 0 aromatic rings. The molecule has 0 fully saturated rings. The van der Waals surface area contributed by atoms with Crippen molar-refractivity contribution in [3.8, 4) is 6.07 Å². The van der Waals surface area contributed by atoms with Crippen LogP contribution in [0.2, 0.25) is 0 Å². The SMILES string of the molecule is CC1=C(C#N)C(N)=CCC1. The van der Waals surface area contributed by atoms with E-state index in [1.165, 1.54) is 0 Å². The Morgan fingerprint density at radius 1 is 1.70 bits per heavy atom. The topological polar surface area (TPSA) is 49.8 Å². The normalized spacial score (nSPS) is 18.2. The maximum atomic E-state index is 8.60. The fourth-order valence-corrected chi connectivity index (χ4v) is 1.08. The van der Waals surface area contributed by atoms with Crippen LogP contribution >= 0.6 is 0 Å². The third-order valence-electron chi connectivity index (χ3n) is 1.71. The fraction of sp³-hybridized carbons (Fsp3) is 0.375. The standard InChI is InChI=1S/C8H10N2/c1-6-3-2-4-8(10)7(6)5-9/h4H,2-3,10H2,1H3. The molecule has 0 saturated carbocycles. The Hall–Kier alpha value is -1.23. The lowest BCUT2D eigenvalue weighted by Gasteiger charge is -2.09. The molecule has 0 saturated heterocycles. The van der Waals surface area contributed by atoms with Gasteiger partial charge in [0.2, 0.25) is 0 Å². The zero-order valence-corrected chi connectivity index (χ0v) is 6.02.